The van der Waals surface area contributed by atoms with E-state index in [2.05, 4.69) is 5.10 Å². The Hall–Kier alpha value is -3.78. The fraction of sp³-hybridized carbons (Fsp3) is 0.296. The summed E-state index contributed by atoms with van der Waals surface area (Å²) in [5.74, 6) is 0.778. The van der Waals surface area contributed by atoms with E-state index in [4.69, 9.17) is 26.2 Å². The number of methoxy groups -OCH3 is 1. The Bertz CT molecular complexity index is 1380. The smallest absolute Gasteiger partial charge is 0.303 e. The number of aliphatic carboxylic acids is 1. The van der Waals surface area contributed by atoms with Gasteiger partial charge in [-0.15, -0.1) is 0 Å². The van der Waals surface area contributed by atoms with Crippen molar-refractivity contribution in [2.45, 2.75) is 33.6 Å². The number of fused-ring (bicyclic) bond motifs is 1. The summed E-state index contributed by atoms with van der Waals surface area (Å²) in [4.78, 5) is 22.9. The number of ether oxygens (including phenoxy) is 2. The Morgan fingerprint density at radius 2 is 1.81 bits per heavy atom. The topological polar surface area (TPSA) is 95.1 Å². The molecule has 2 aromatic carbocycles. The molecule has 0 aliphatic rings. The lowest BCUT2D eigenvalue weighted by Gasteiger charge is -2.12. The molecule has 0 radical (unpaired) electrons. The third-order valence-electron chi connectivity index (χ3n) is 5.18. The van der Waals surface area contributed by atoms with Gasteiger partial charge in [0.05, 0.1) is 19.4 Å². The van der Waals surface area contributed by atoms with Crippen LogP contribution in [0, 0.1) is 5.92 Å². The molecular weight excluding hydrogens is 482 g/mol. The highest BCUT2D eigenvalue weighted by Gasteiger charge is 2.12. The van der Waals surface area contributed by atoms with E-state index in [-0.39, 0.29) is 17.9 Å². The SMILES string of the molecule is CC(C)CC(=O)O.CCCOc1ccc(-n2cnn3cc(-c4ccc(Cl)cc4)cc3c2=O)cc1OC. The predicted octanol–water partition coefficient (Wildman–Crippen LogP) is 5.72. The van der Waals surface area contributed by atoms with Gasteiger partial charge in [0.25, 0.3) is 5.56 Å². The van der Waals surface area contributed by atoms with Crippen LogP contribution >= 0.6 is 11.6 Å². The summed E-state index contributed by atoms with van der Waals surface area (Å²) in [6.07, 6.45) is 4.50. The van der Waals surface area contributed by atoms with Crippen molar-refractivity contribution in [3.63, 3.8) is 0 Å². The van der Waals surface area contributed by atoms with Gasteiger partial charge in [-0.3, -0.25) is 14.2 Å². The number of halogens is 1. The standard InChI is InChI=1S/C22H20ClN3O3.C5H10O2/c1-3-10-29-20-9-8-18(12-21(20)28-2)25-14-24-26-13-16(11-19(26)22(25)27)15-4-6-17(23)7-5-15;1-4(2)3-5(6)7/h4-9,11-14H,3,10H2,1-2H3;4H,3H2,1-2H3,(H,6,7). The molecule has 4 aromatic rings. The van der Waals surface area contributed by atoms with Crippen molar-refractivity contribution >= 4 is 23.1 Å². The molecule has 0 bridgehead atoms. The molecular formula is C27H30ClN3O5. The summed E-state index contributed by atoms with van der Waals surface area (Å²) in [5, 5.41) is 13.1. The van der Waals surface area contributed by atoms with Crippen molar-refractivity contribution in [3.8, 4) is 28.3 Å². The summed E-state index contributed by atoms with van der Waals surface area (Å²) in [6.45, 7) is 6.40. The van der Waals surface area contributed by atoms with E-state index in [0.717, 1.165) is 17.5 Å². The molecule has 0 aliphatic carbocycles. The lowest BCUT2D eigenvalue weighted by atomic mass is 10.1. The first kappa shape index (κ1) is 26.8. The third-order valence-corrected chi connectivity index (χ3v) is 5.43. The second kappa shape index (κ2) is 12.3. The second-order valence-electron chi connectivity index (χ2n) is 8.55. The summed E-state index contributed by atoms with van der Waals surface area (Å²) in [5.41, 5.74) is 2.81. The van der Waals surface area contributed by atoms with Crippen LogP contribution in [-0.4, -0.2) is 39.0 Å². The van der Waals surface area contributed by atoms with Crippen LogP contribution in [0.5, 0.6) is 11.5 Å². The van der Waals surface area contributed by atoms with Crippen LogP contribution < -0.4 is 15.0 Å². The number of rotatable bonds is 8. The average molecular weight is 512 g/mol. The van der Waals surface area contributed by atoms with Crippen LogP contribution in [0.2, 0.25) is 5.02 Å². The molecule has 2 heterocycles. The Labute approximate surface area is 214 Å². The molecule has 1 N–H and O–H groups in total. The zero-order chi connectivity index (χ0) is 26.2. The minimum absolute atomic E-state index is 0.176. The van der Waals surface area contributed by atoms with Gasteiger partial charge >= 0.3 is 5.97 Å². The zero-order valence-corrected chi connectivity index (χ0v) is 21.5. The normalized spacial score (nSPS) is 10.7. The molecule has 0 aliphatic heterocycles. The zero-order valence-electron chi connectivity index (χ0n) is 20.8. The maximum Gasteiger partial charge on any atom is 0.303 e. The molecule has 0 spiro atoms. The lowest BCUT2D eigenvalue weighted by Crippen LogP contribution is -2.21. The van der Waals surface area contributed by atoms with Gasteiger partial charge < -0.3 is 14.6 Å². The van der Waals surface area contributed by atoms with Crippen LogP contribution in [0.25, 0.3) is 22.3 Å². The van der Waals surface area contributed by atoms with Gasteiger partial charge in [-0.1, -0.05) is 44.5 Å². The van der Waals surface area contributed by atoms with E-state index in [1.807, 2.05) is 63.4 Å². The minimum atomic E-state index is -0.713. The fourth-order valence-corrected chi connectivity index (χ4v) is 3.59. The molecule has 0 amide bonds. The largest absolute Gasteiger partial charge is 0.493 e. The number of aromatic nitrogens is 3. The van der Waals surface area contributed by atoms with E-state index >= 15 is 0 Å². The van der Waals surface area contributed by atoms with E-state index in [1.54, 1.807) is 23.8 Å². The Morgan fingerprint density at radius 1 is 1.08 bits per heavy atom. The van der Waals surface area contributed by atoms with Crippen molar-refractivity contribution in [2.75, 3.05) is 13.7 Å². The van der Waals surface area contributed by atoms with Gasteiger partial charge in [0.2, 0.25) is 0 Å². The van der Waals surface area contributed by atoms with E-state index in [1.165, 1.54) is 10.9 Å². The number of carbonyl (C=O) groups is 1. The highest BCUT2D eigenvalue weighted by molar-refractivity contribution is 6.30. The van der Waals surface area contributed by atoms with Gasteiger partial charge in [0.1, 0.15) is 11.8 Å². The Morgan fingerprint density at radius 3 is 2.39 bits per heavy atom. The molecule has 8 nitrogen and oxygen atoms in total. The number of carboxylic acids is 1. The van der Waals surface area contributed by atoms with Gasteiger partial charge in [-0.2, -0.15) is 5.10 Å². The molecule has 36 heavy (non-hydrogen) atoms. The van der Waals surface area contributed by atoms with Gasteiger partial charge in [0, 0.05) is 29.3 Å². The molecule has 0 fully saturated rings. The highest BCUT2D eigenvalue weighted by atomic mass is 35.5. The molecule has 0 saturated carbocycles. The van der Waals surface area contributed by atoms with Crippen molar-refractivity contribution in [1.29, 1.82) is 0 Å². The van der Waals surface area contributed by atoms with Crippen LogP contribution in [0.3, 0.4) is 0 Å². The van der Waals surface area contributed by atoms with Crippen molar-refractivity contribution in [1.82, 2.24) is 14.2 Å². The molecule has 190 valence electrons. The maximum absolute atomic E-state index is 13.1. The Kier molecular flexibility index (Phi) is 9.13. The number of hydrogen-bond donors (Lipinski definition) is 1. The number of nitrogens with zero attached hydrogens (tertiary/aromatic N) is 3. The monoisotopic (exact) mass is 511 g/mol. The van der Waals surface area contributed by atoms with E-state index in [9.17, 15) is 9.59 Å². The molecule has 9 heteroatoms. The quantitative estimate of drug-likeness (QED) is 0.325. The molecule has 0 unspecified atom stereocenters. The number of carboxylic acid groups (broad SMARTS) is 1. The molecule has 4 rings (SSSR count). The predicted molar refractivity (Wildman–Crippen MR) is 141 cm³/mol. The molecule has 0 saturated heterocycles. The Balaban J connectivity index is 0.000000454. The first-order valence-corrected chi connectivity index (χ1v) is 12.0. The van der Waals surface area contributed by atoms with Crippen LogP contribution in [0.1, 0.15) is 33.6 Å². The van der Waals surface area contributed by atoms with Gasteiger partial charge in [-0.05, 0) is 48.2 Å². The first-order chi connectivity index (χ1) is 17.2. The highest BCUT2D eigenvalue weighted by Crippen LogP contribution is 2.29. The summed E-state index contributed by atoms with van der Waals surface area (Å²) in [7, 11) is 1.58. The second-order valence-corrected chi connectivity index (χ2v) is 8.98. The summed E-state index contributed by atoms with van der Waals surface area (Å²) >= 11 is 5.97. The lowest BCUT2D eigenvalue weighted by molar-refractivity contribution is -0.137. The third kappa shape index (κ3) is 6.66. The van der Waals surface area contributed by atoms with Crippen LogP contribution in [-0.2, 0) is 4.79 Å². The van der Waals surface area contributed by atoms with Crippen LogP contribution in [0.4, 0.5) is 0 Å². The number of hydrogen-bond acceptors (Lipinski definition) is 5. The van der Waals surface area contributed by atoms with E-state index in [0.29, 0.717) is 34.3 Å². The average Bonchev–Trinajstić information content (AvgIpc) is 3.28. The van der Waals surface area contributed by atoms with Crippen molar-refractivity contribution < 1.29 is 19.4 Å². The molecule has 0 atom stereocenters. The maximum atomic E-state index is 13.1. The first-order valence-electron chi connectivity index (χ1n) is 11.6. The fourth-order valence-electron chi connectivity index (χ4n) is 3.46. The van der Waals surface area contributed by atoms with Crippen molar-refractivity contribution in [3.05, 3.63) is 76.4 Å². The summed E-state index contributed by atoms with van der Waals surface area (Å²) in [6, 6.07) is 14.7. The van der Waals surface area contributed by atoms with E-state index < -0.39 is 5.97 Å². The van der Waals surface area contributed by atoms with Gasteiger partial charge in [0.15, 0.2) is 11.5 Å². The summed E-state index contributed by atoms with van der Waals surface area (Å²) < 4.78 is 14.2. The van der Waals surface area contributed by atoms with Gasteiger partial charge in [-0.25, -0.2) is 4.52 Å². The van der Waals surface area contributed by atoms with Crippen molar-refractivity contribution in [2.24, 2.45) is 5.92 Å². The molecule has 2 aromatic heterocycles. The number of benzene rings is 2. The van der Waals surface area contributed by atoms with Crippen LogP contribution in [0.15, 0.2) is 65.8 Å². The minimum Gasteiger partial charge on any atom is -0.493 e.